The second-order valence-corrected chi connectivity index (χ2v) is 2.59. The Hall–Kier alpha value is -0.300. The van der Waals surface area contributed by atoms with Gasteiger partial charge in [0.25, 0.3) is 0 Å². The third-order valence-corrected chi connectivity index (χ3v) is 1.87. The highest BCUT2D eigenvalue weighted by Gasteiger charge is 2.03. The Labute approximate surface area is 56.4 Å². The maximum absolute atomic E-state index is 10.1. The van der Waals surface area contributed by atoms with E-state index < -0.39 is 0 Å². The summed E-state index contributed by atoms with van der Waals surface area (Å²) in [6, 6.07) is 0. The van der Waals surface area contributed by atoms with E-state index in [0.717, 1.165) is 0 Å². The number of hydrogen-bond donors (Lipinski definition) is 0. The lowest BCUT2D eigenvalue weighted by molar-refractivity contribution is 0.231. The Morgan fingerprint density at radius 2 is 1.89 bits per heavy atom. The van der Waals surface area contributed by atoms with E-state index >= 15 is 0 Å². The van der Waals surface area contributed by atoms with Crippen LogP contribution < -0.4 is 0 Å². The molecule has 0 heterocycles. The van der Waals surface area contributed by atoms with E-state index in [2.05, 4.69) is 0 Å². The van der Waals surface area contributed by atoms with Crippen molar-refractivity contribution >= 4 is 0 Å². The molecule has 1 rings (SSSR count). The molecule has 0 aromatic heterocycles. The second-order valence-electron chi connectivity index (χ2n) is 2.59. The van der Waals surface area contributed by atoms with Crippen LogP contribution in [0.2, 0.25) is 0 Å². The summed E-state index contributed by atoms with van der Waals surface area (Å²) in [7, 11) is 0. The summed E-state index contributed by atoms with van der Waals surface area (Å²) in [6.45, 7) is -0.0185. The summed E-state index contributed by atoms with van der Waals surface area (Å²) in [5, 5.41) is 10.1. The van der Waals surface area contributed by atoms with Crippen LogP contribution in [0.4, 0.5) is 0 Å². The van der Waals surface area contributed by atoms with Crippen LogP contribution >= 0.6 is 0 Å². The molecule has 1 aliphatic carbocycles. The second kappa shape index (κ2) is 3.67. The van der Waals surface area contributed by atoms with Crippen molar-refractivity contribution in [2.75, 3.05) is 6.61 Å². The zero-order valence-corrected chi connectivity index (χ0v) is 5.73. The highest BCUT2D eigenvalue weighted by Crippen LogP contribution is 2.21. The molecular formula is C8H13O. The molecular weight excluding hydrogens is 112 g/mol. The zero-order chi connectivity index (χ0) is 6.53. The van der Waals surface area contributed by atoms with E-state index in [-0.39, 0.29) is 6.61 Å². The van der Waals surface area contributed by atoms with E-state index in [0.29, 0.717) is 0 Å². The molecule has 0 spiro atoms. The summed E-state index contributed by atoms with van der Waals surface area (Å²) in [5.41, 5.74) is 1.40. The van der Waals surface area contributed by atoms with Crippen molar-refractivity contribution in [3.8, 4) is 0 Å². The van der Waals surface area contributed by atoms with Gasteiger partial charge in [-0.3, -0.25) is 0 Å². The first-order chi connectivity index (χ1) is 4.43. The van der Waals surface area contributed by atoms with Crippen molar-refractivity contribution in [2.45, 2.75) is 32.1 Å². The lowest BCUT2D eigenvalue weighted by Crippen LogP contribution is -1.93. The third kappa shape index (κ3) is 2.19. The van der Waals surface area contributed by atoms with Gasteiger partial charge in [-0.05, 0) is 25.7 Å². The summed E-state index contributed by atoms with van der Waals surface area (Å²) < 4.78 is 0. The van der Waals surface area contributed by atoms with Crippen LogP contribution in [-0.4, -0.2) is 6.61 Å². The maximum atomic E-state index is 10.1. The predicted octanol–water partition coefficient (Wildman–Crippen LogP) is 2.31. The van der Waals surface area contributed by atoms with Crippen molar-refractivity contribution in [1.29, 1.82) is 0 Å². The van der Waals surface area contributed by atoms with Gasteiger partial charge in [0.05, 0.1) is 0 Å². The zero-order valence-electron chi connectivity index (χ0n) is 5.73. The Balaban J connectivity index is 2.30. The van der Waals surface area contributed by atoms with Gasteiger partial charge in [-0.1, -0.05) is 18.1 Å². The molecule has 0 saturated heterocycles. The van der Waals surface area contributed by atoms with Crippen molar-refractivity contribution < 1.29 is 5.11 Å². The van der Waals surface area contributed by atoms with Crippen LogP contribution in [0.3, 0.4) is 0 Å². The standard InChI is InChI=1S/C8H13O/c9-7-6-8-4-2-1-3-5-8/h6H,1-5,7H2. The molecule has 0 amide bonds. The monoisotopic (exact) mass is 125 g/mol. The summed E-state index contributed by atoms with van der Waals surface area (Å²) in [5.74, 6) is 0. The highest BCUT2D eigenvalue weighted by molar-refractivity contribution is 5.03. The van der Waals surface area contributed by atoms with E-state index in [1.165, 1.54) is 37.7 Å². The van der Waals surface area contributed by atoms with Crippen molar-refractivity contribution in [3.63, 3.8) is 0 Å². The topological polar surface area (TPSA) is 19.9 Å². The normalized spacial score (nSPS) is 19.9. The lowest BCUT2D eigenvalue weighted by Gasteiger charge is -2.12. The highest BCUT2D eigenvalue weighted by atomic mass is 16.2. The number of rotatable bonds is 1. The number of hydrogen-bond acceptors (Lipinski definition) is 0. The molecule has 1 aliphatic rings. The van der Waals surface area contributed by atoms with Gasteiger partial charge in [-0.25, -0.2) is 5.11 Å². The Morgan fingerprint density at radius 1 is 1.22 bits per heavy atom. The van der Waals surface area contributed by atoms with Gasteiger partial charge < -0.3 is 0 Å². The van der Waals surface area contributed by atoms with Gasteiger partial charge in [-0.2, -0.15) is 0 Å². The Kier molecular flexibility index (Phi) is 2.78. The molecule has 0 aromatic carbocycles. The van der Waals surface area contributed by atoms with Gasteiger partial charge in [0.2, 0.25) is 0 Å². The first kappa shape index (κ1) is 6.81. The maximum Gasteiger partial charge on any atom is 0.101 e. The molecule has 0 bridgehead atoms. The van der Waals surface area contributed by atoms with Gasteiger partial charge in [-0.15, -0.1) is 0 Å². The van der Waals surface area contributed by atoms with Crippen LogP contribution in [0, 0.1) is 0 Å². The van der Waals surface area contributed by atoms with E-state index in [1.807, 2.05) is 6.08 Å². The fourth-order valence-corrected chi connectivity index (χ4v) is 1.33. The summed E-state index contributed by atoms with van der Waals surface area (Å²) in [6.07, 6.45) is 8.16. The van der Waals surface area contributed by atoms with Gasteiger partial charge >= 0.3 is 0 Å². The van der Waals surface area contributed by atoms with Crippen LogP contribution in [0.25, 0.3) is 0 Å². The molecule has 1 radical (unpaired) electrons. The van der Waals surface area contributed by atoms with E-state index in [9.17, 15) is 5.11 Å². The average molecular weight is 125 g/mol. The minimum atomic E-state index is -0.0185. The molecule has 1 heteroatoms. The van der Waals surface area contributed by atoms with Crippen LogP contribution in [0.15, 0.2) is 11.6 Å². The van der Waals surface area contributed by atoms with Gasteiger partial charge in [0, 0.05) is 0 Å². The number of allylic oxidation sites excluding steroid dienone is 1. The summed E-state index contributed by atoms with van der Waals surface area (Å²) >= 11 is 0. The molecule has 1 nitrogen and oxygen atoms in total. The quantitative estimate of drug-likeness (QED) is 0.479. The largest absolute Gasteiger partial charge is 0.232 e. The Bertz CT molecular complexity index is 97.1. The van der Waals surface area contributed by atoms with Crippen LogP contribution in [-0.2, 0) is 5.11 Å². The molecule has 0 atom stereocenters. The molecule has 51 valence electrons. The fourth-order valence-electron chi connectivity index (χ4n) is 1.33. The smallest absolute Gasteiger partial charge is 0.101 e. The average Bonchev–Trinajstić information content (AvgIpc) is 1.91. The SMILES string of the molecule is [O]CC=C1CCCCC1. The third-order valence-electron chi connectivity index (χ3n) is 1.87. The molecule has 0 aromatic rings. The van der Waals surface area contributed by atoms with Crippen molar-refractivity contribution in [1.82, 2.24) is 0 Å². The molecule has 9 heavy (non-hydrogen) atoms. The molecule has 1 fully saturated rings. The fraction of sp³-hybridized carbons (Fsp3) is 0.750. The minimum absolute atomic E-state index is 0.0185. The molecule has 0 N–H and O–H groups in total. The predicted molar refractivity (Wildman–Crippen MR) is 36.7 cm³/mol. The first-order valence-electron chi connectivity index (χ1n) is 3.69. The molecule has 0 aliphatic heterocycles. The van der Waals surface area contributed by atoms with Crippen molar-refractivity contribution in [3.05, 3.63) is 11.6 Å². The Morgan fingerprint density at radius 3 is 2.44 bits per heavy atom. The van der Waals surface area contributed by atoms with Crippen LogP contribution in [0.5, 0.6) is 0 Å². The molecule has 1 saturated carbocycles. The lowest BCUT2D eigenvalue weighted by atomic mass is 9.95. The van der Waals surface area contributed by atoms with Crippen LogP contribution in [0.1, 0.15) is 32.1 Å². The summed E-state index contributed by atoms with van der Waals surface area (Å²) in [4.78, 5) is 0. The van der Waals surface area contributed by atoms with Gasteiger partial charge in [0.15, 0.2) is 0 Å². The van der Waals surface area contributed by atoms with Gasteiger partial charge in [0.1, 0.15) is 6.61 Å². The van der Waals surface area contributed by atoms with E-state index in [1.54, 1.807) is 0 Å². The minimum Gasteiger partial charge on any atom is -0.232 e. The van der Waals surface area contributed by atoms with Crippen molar-refractivity contribution in [2.24, 2.45) is 0 Å². The first-order valence-corrected chi connectivity index (χ1v) is 3.69. The van der Waals surface area contributed by atoms with E-state index in [4.69, 9.17) is 0 Å². The molecule has 0 unspecified atom stereocenters.